The molecule has 2 atom stereocenters. The van der Waals surface area contributed by atoms with E-state index in [9.17, 15) is 18.0 Å². The molecule has 0 spiro atoms. The molecule has 156 valence electrons. The van der Waals surface area contributed by atoms with Crippen molar-refractivity contribution in [3.05, 3.63) is 59.9 Å². The van der Waals surface area contributed by atoms with E-state index in [4.69, 9.17) is 5.73 Å². The highest BCUT2D eigenvalue weighted by atomic mass is 19.4. The molecule has 30 heavy (non-hydrogen) atoms. The van der Waals surface area contributed by atoms with E-state index in [1.54, 1.807) is 24.3 Å². The highest BCUT2D eigenvalue weighted by Crippen LogP contribution is 2.31. The molecule has 0 unspecified atom stereocenters. The van der Waals surface area contributed by atoms with Gasteiger partial charge in [0, 0.05) is 30.4 Å². The molecule has 1 amide bonds. The third-order valence-electron chi connectivity index (χ3n) is 4.99. The summed E-state index contributed by atoms with van der Waals surface area (Å²) in [6, 6.07) is 10.9. The Kier molecular flexibility index (Phi) is 5.17. The number of nitrogens with zero attached hydrogens (tertiary/aromatic N) is 2. The molecule has 1 aromatic heterocycles. The summed E-state index contributed by atoms with van der Waals surface area (Å²) in [4.78, 5) is 20.1. The van der Waals surface area contributed by atoms with Crippen molar-refractivity contribution in [1.29, 1.82) is 0 Å². The first-order chi connectivity index (χ1) is 14.3. The molecule has 1 saturated heterocycles. The lowest BCUT2D eigenvalue weighted by atomic mass is 9.94. The number of fused-ring (bicyclic) bond motifs is 1. The zero-order valence-corrected chi connectivity index (χ0v) is 15.6. The Morgan fingerprint density at radius 1 is 1.17 bits per heavy atom. The van der Waals surface area contributed by atoms with Crippen molar-refractivity contribution in [1.82, 2.24) is 15.3 Å². The van der Waals surface area contributed by atoms with Crippen LogP contribution in [-0.4, -0.2) is 41.4 Å². The van der Waals surface area contributed by atoms with Gasteiger partial charge in [0.05, 0.1) is 11.1 Å². The van der Waals surface area contributed by atoms with Gasteiger partial charge in [-0.15, -0.1) is 13.2 Å². The first-order valence-electron chi connectivity index (χ1n) is 9.18. The maximum atomic E-state index is 12.6. The lowest BCUT2D eigenvalue weighted by Gasteiger charge is -2.22. The third-order valence-corrected chi connectivity index (χ3v) is 4.99. The Bertz CT molecular complexity index is 1090. The number of benzene rings is 2. The summed E-state index contributed by atoms with van der Waals surface area (Å²) in [6.45, 7) is 1.15. The number of nitrogens with two attached hydrogens (primary N) is 1. The summed E-state index contributed by atoms with van der Waals surface area (Å²) in [5.74, 6) is -0.452. The predicted molar refractivity (Wildman–Crippen MR) is 104 cm³/mol. The number of hydrogen-bond donors (Lipinski definition) is 3. The number of halogens is 3. The van der Waals surface area contributed by atoms with E-state index in [0.29, 0.717) is 35.4 Å². The van der Waals surface area contributed by atoms with Gasteiger partial charge in [-0.3, -0.25) is 4.79 Å². The number of alkyl halides is 3. The number of aromatic nitrogens is 2. The second-order valence-corrected chi connectivity index (χ2v) is 6.92. The van der Waals surface area contributed by atoms with Gasteiger partial charge in [0.1, 0.15) is 17.9 Å². The van der Waals surface area contributed by atoms with Gasteiger partial charge in [-0.25, -0.2) is 9.97 Å². The van der Waals surface area contributed by atoms with Crippen molar-refractivity contribution in [3.8, 4) is 5.75 Å². The Labute approximate surface area is 169 Å². The molecule has 0 radical (unpaired) electrons. The molecule has 0 saturated carbocycles. The van der Waals surface area contributed by atoms with Gasteiger partial charge in [-0.2, -0.15) is 0 Å². The number of rotatable bonds is 5. The maximum absolute atomic E-state index is 12.6. The summed E-state index contributed by atoms with van der Waals surface area (Å²) in [5, 5.41) is 7.21. The molecule has 7 nitrogen and oxygen atoms in total. The highest BCUT2D eigenvalue weighted by molar-refractivity contribution is 6.06. The van der Waals surface area contributed by atoms with E-state index in [-0.39, 0.29) is 23.3 Å². The first-order valence-corrected chi connectivity index (χ1v) is 9.18. The van der Waals surface area contributed by atoms with E-state index < -0.39 is 12.3 Å². The van der Waals surface area contributed by atoms with E-state index in [2.05, 4.69) is 25.3 Å². The van der Waals surface area contributed by atoms with E-state index in [1.807, 2.05) is 0 Å². The van der Waals surface area contributed by atoms with Crippen LogP contribution in [0.2, 0.25) is 0 Å². The fraction of sp³-hybridized carbons (Fsp3) is 0.250. The maximum Gasteiger partial charge on any atom is 0.573 e. The van der Waals surface area contributed by atoms with Crippen LogP contribution in [0, 0.1) is 0 Å². The average molecular weight is 417 g/mol. The van der Waals surface area contributed by atoms with Crippen LogP contribution in [0.5, 0.6) is 5.75 Å². The number of hydrogen-bond acceptors (Lipinski definition) is 6. The van der Waals surface area contributed by atoms with Gasteiger partial charge in [0.15, 0.2) is 0 Å². The van der Waals surface area contributed by atoms with Crippen molar-refractivity contribution < 1.29 is 22.7 Å². The second-order valence-electron chi connectivity index (χ2n) is 6.92. The molecule has 10 heteroatoms. The van der Waals surface area contributed by atoms with Crippen molar-refractivity contribution in [3.63, 3.8) is 0 Å². The number of ether oxygens (including phenoxy) is 1. The Hall–Kier alpha value is -3.40. The van der Waals surface area contributed by atoms with E-state index in [1.165, 1.54) is 24.5 Å². The summed E-state index contributed by atoms with van der Waals surface area (Å²) >= 11 is 0. The molecule has 3 aromatic rings. The minimum Gasteiger partial charge on any atom is -0.406 e. The molecule has 1 aliphatic heterocycles. The lowest BCUT2D eigenvalue weighted by Crippen LogP contribution is -2.28. The van der Waals surface area contributed by atoms with Gasteiger partial charge < -0.3 is 21.1 Å². The molecule has 0 bridgehead atoms. The summed E-state index contributed by atoms with van der Waals surface area (Å²) in [5.41, 5.74) is 6.86. The number of primary amides is 1. The van der Waals surface area contributed by atoms with Crippen LogP contribution in [0.4, 0.5) is 19.0 Å². The van der Waals surface area contributed by atoms with E-state index >= 15 is 0 Å². The minimum atomic E-state index is -4.75. The van der Waals surface area contributed by atoms with Crippen LogP contribution in [0.3, 0.4) is 0 Å². The average Bonchev–Trinajstić information content (AvgIpc) is 3.15. The summed E-state index contributed by atoms with van der Waals surface area (Å²) < 4.78 is 41.7. The zero-order chi connectivity index (χ0) is 21.3. The second kappa shape index (κ2) is 7.79. The monoisotopic (exact) mass is 417 g/mol. The van der Waals surface area contributed by atoms with Crippen molar-refractivity contribution in [2.45, 2.75) is 18.3 Å². The highest BCUT2D eigenvalue weighted by Gasteiger charge is 2.33. The zero-order valence-electron chi connectivity index (χ0n) is 15.6. The van der Waals surface area contributed by atoms with Gasteiger partial charge in [0.2, 0.25) is 0 Å². The molecule has 2 aromatic carbocycles. The molecule has 0 aliphatic carbocycles. The molecule has 1 fully saturated rings. The fourth-order valence-corrected chi connectivity index (χ4v) is 3.70. The Morgan fingerprint density at radius 3 is 2.73 bits per heavy atom. The Balaban J connectivity index is 1.62. The number of carbonyl (C=O) groups is 1. The van der Waals surface area contributed by atoms with Crippen molar-refractivity contribution in [2.75, 3.05) is 18.4 Å². The van der Waals surface area contributed by atoms with Gasteiger partial charge in [0.25, 0.3) is 5.91 Å². The molecular weight excluding hydrogens is 399 g/mol. The molecule has 4 rings (SSSR count). The van der Waals surface area contributed by atoms with Crippen LogP contribution >= 0.6 is 0 Å². The third kappa shape index (κ3) is 4.13. The predicted octanol–water partition coefficient (Wildman–Crippen LogP) is 2.79. The molecular formula is C20H18F3N5O2. The van der Waals surface area contributed by atoms with Crippen LogP contribution in [0.15, 0.2) is 48.8 Å². The van der Waals surface area contributed by atoms with Gasteiger partial charge in [-0.1, -0.05) is 18.2 Å². The topological polar surface area (TPSA) is 102 Å². The summed E-state index contributed by atoms with van der Waals surface area (Å²) in [7, 11) is 0. The number of nitrogens with one attached hydrogen (secondary N) is 2. The van der Waals surface area contributed by atoms with Gasteiger partial charge in [-0.05, 0) is 29.8 Å². The smallest absolute Gasteiger partial charge is 0.406 e. The molecule has 2 heterocycles. The summed E-state index contributed by atoms with van der Waals surface area (Å²) in [6.07, 6.45) is -3.41. The standard InChI is InChI=1S/C20H18F3N5O2/c21-20(22,23)30-12-4-1-3-11(7-12)15-8-25-9-16(15)28-19-14-6-2-5-13(18(24)29)17(14)26-10-27-19/h1-7,10,15-16,25H,8-9H2,(H2,24,29)(H,26,27,28)/t15-,16-/m1/s1. The lowest BCUT2D eigenvalue weighted by molar-refractivity contribution is -0.274. The Morgan fingerprint density at radius 2 is 1.97 bits per heavy atom. The largest absolute Gasteiger partial charge is 0.573 e. The normalized spacial score (nSPS) is 19.0. The van der Waals surface area contributed by atoms with Crippen LogP contribution < -0.4 is 21.1 Å². The first kappa shape index (κ1) is 19.9. The number of amides is 1. The van der Waals surface area contributed by atoms with Gasteiger partial charge >= 0.3 is 6.36 Å². The SMILES string of the molecule is NC(=O)c1cccc2c(N[C@@H]3CNC[C@@H]3c3cccc(OC(F)(F)F)c3)ncnc12. The molecule has 4 N–H and O–H groups in total. The number of para-hydroxylation sites is 1. The quantitative estimate of drug-likeness (QED) is 0.590. The molecule has 1 aliphatic rings. The number of anilines is 1. The number of carbonyl (C=O) groups excluding carboxylic acids is 1. The van der Waals surface area contributed by atoms with Crippen LogP contribution in [0.1, 0.15) is 21.8 Å². The minimum absolute atomic E-state index is 0.119. The van der Waals surface area contributed by atoms with Crippen molar-refractivity contribution >= 4 is 22.6 Å². The van der Waals surface area contributed by atoms with Crippen LogP contribution in [0.25, 0.3) is 10.9 Å². The van der Waals surface area contributed by atoms with E-state index in [0.717, 1.165) is 0 Å². The van der Waals surface area contributed by atoms with Crippen molar-refractivity contribution in [2.24, 2.45) is 5.73 Å². The fourth-order valence-electron chi connectivity index (χ4n) is 3.70. The van der Waals surface area contributed by atoms with Crippen LogP contribution in [-0.2, 0) is 0 Å².